The number of hydrogen-bond donors (Lipinski definition) is 2. The quantitative estimate of drug-likeness (QED) is 0.860. The van der Waals surface area contributed by atoms with E-state index in [2.05, 4.69) is 4.90 Å². The first kappa shape index (κ1) is 19.2. The van der Waals surface area contributed by atoms with Gasteiger partial charge in [0.15, 0.2) is 0 Å². The fraction of sp³-hybridized carbons (Fsp3) is 0.667. The molecule has 136 valence electrons. The summed E-state index contributed by atoms with van der Waals surface area (Å²) in [7, 11) is 0. The molecule has 2 atom stereocenters. The van der Waals surface area contributed by atoms with Gasteiger partial charge in [0.25, 0.3) is 0 Å². The number of halogens is 2. The molecule has 4 nitrogen and oxygen atoms in total. The predicted octanol–water partition coefficient (Wildman–Crippen LogP) is 2.02. The van der Waals surface area contributed by atoms with Crippen molar-refractivity contribution in [3.05, 3.63) is 35.4 Å². The van der Waals surface area contributed by atoms with Gasteiger partial charge in [-0.3, -0.25) is 9.80 Å². The summed E-state index contributed by atoms with van der Waals surface area (Å²) in [4.78, 5) is 4.23. The van der Waals surface area contributed by atoms with E-state index in [-0.39, 0.29) is 17.5 Å². The average molecular weight is 342 g/mol. The standard InChI is InChI=1S/C18H28F2N2O2/c1-18(2,3)17(24)12-22-8-6-21(7-9-22)11-16(23)14-10-13(19)4-5-15(14)20/h4-5,10,16-17,23-24H,6-9,11-12H2,1-3H3/t16-,17-/m1/s1. The summed E-state index contributed by atoms with van der Waals surface area (Å²) in [6.45, 7) is 9.95. The minimum atomic E-state index is -1.05. The molecule has 0 spiro atoms. The zero-order chi connectivity index (χ0) is 17.9. The Morgan fingerprint density at radius 3 is 2.08 bits per heavy atom. The summed E-state index contributed by atoms with van der Waals surface area (Å²) in [5.74, 6) is -1.14. The topological polar surface area (TPSA) is 46.9 Å². The van der Waals surface area contributed by atoms with E-state index in [1.165, 1.54) is 0 Å². The van der Waals surface area contributed by atoms with Gasteiger partial charge in [0.1, 0.15) is 11.6 Å². The van der Waals surface area contributed by atoms with Crippen LogP contribution in [0.1, 0.15) is 32.4 Å². The molecule has 2 rings (SSSR count). The van der Waals surface area contributed by atoms with E-state index in [1.807, 2.05) is 25.7 Å². The normalized spacial score (nSPS) is 20.1. The fourth-order valence-corrected chi connectivity index (χ4v) is 2.79. The second kappa shape index (κ2) is 7.87. The van der Waals surface area contributed by atoms with E-state index in [9.17, 15) is 19.0 Å². The van der Waals surface area contributed by atoms with Crippen molar-refractivity contribution in [3.63, 3.8) is 0 Å². The molecule has 0 unspecified atom stereocenters. The third-order valence-corrected chi connectivity index (χ3v) is 4.64. The van der Waals surface area contributed by atoms with Gasteiger partial charge in [-0.1, -0.05) is 20.8 Å². The van der Waals surface area contributed by atoms with Crippen LogP contribution in [0.4, 0.5) is 8.78 Å². The minimum absolute atomic E-state index is 0.000541. The van der Waals surface area contributed by atoms with Crippen molar-refractivity contribution in [1.29, 1.82) is 0 Å². The van der Waals surface area contributed by atoms with Crippen LogP contribution >= 0.6 is 0 Å². The summed E-state index contributed by atoms with van der Waals surface area (Å²) < 4.78 is 26.9. The smallest absolute Gasteiger partial charge is 0.129 e. The third-order valence-electron chi connectivity index (χ3n) is 4.64. The van der Waals surface area contributed by atoms with Gasteiger partial charge in [0.2, 0.25) is 0 Å². The van der Waals surface area contributed by atoms with Crippen LogP contribution in [0.25, 0.3) is 0 Å². The molecule has 2 N–H and O–H groups in total. The zero-order valence-corrected chi connectivity index (χ0v) is 14.7. The van der Waals surface area contributed by atoms with E-state index in [4.69, 9.17) is 0 Å². The molecule has 1 aliphatic heterocycles. The Hall–Kier alpha value is -1.08. The lowest BCUT2D eigenvalue weighted by molar-refractivity contribution is 0.00695. The van der Waals surface area contributed by atoms with E-state index in [0.717, 1.165) is 44.4 Å². The highest BCUT2D eigenvalue weighted by atomic mass is 19.1. The van der Waals surface area contributed by atoms with Gasteiger partial charge >= 0.3 is 0 Å². The first-order valence-corrected chi connectivity index (χ1v) is 8.42. The number of benzene rings is 1. The number of hydrogen-bond acceptors (Lipinski definition) is 4. The van der Waals surface area contributed by atoms with Crippen LogP contribution in [0.2, 0.25) is 0 Å². The molecule has 0 aliphatic carbocycles. The third kappa shape index (κ3) is 5.21. The average Bonchev–Trinajstić information content (AvgIpc) is 2.50. The predicted molar refractivity (Wildman–Crippen MR) is 89.7 cm³/mol. The number of piperazine rings is 1. The number of nitrogens with zero attached hydrogens (tertiary/aromatic N) is 2. The van der Waals surface area contributed by atoms with Crippen LogP contribution in [0.15, 0.2) is 18.2 Å². The molecular formula is C18H28F2N2O2. The molecule has 0 saturated carbocycles. The van der Waals surface area contributed by atoms with E-state index in [1.54, 1.807) is 0 Å². The monoisotopic (exact) mass is 342 g/mol. The molecule has 1 fully saturated rings. The Morgan fingerprint density at radius 1 is 1.00 bits per heavy atom. The highest BCUT2D eigenvalue weighted by Gasteiger charge is 2.27. The van der Waals surface area contributed by atoms with Crippen molar-refractivity contribution in [2.24, 2.45) is 5.41 Å². The second-order valence-electron chi connectivity index (χ2n) is 7.66. The van der Waals surface area contributed by atoms with Crippen molar-refractivity contribution in [2.45, 2.75) is 33.0 Å². The van der Waals surface area contributed by atoms with Gasteiger partial charge in [-0.05, 0) is 23.6 Å². The molecule has 0 radical (unpaired) electrons. The molecule has 6 heteroatoms. The molecule has 24 heavy (non-hydrogen) atoms. The van der Waals surface area contributed by atoms with Crippen molar-refractivity contribution >= 4 is 0 Å². The highest BCUT2D eigenvalue weighted by Crippen LogP contribution is 2.22. The molecule has 0 amide bonds. The Kier molecular flexibility index (Phi) is 6.31. The van der Waals surface area contributed by atoms with Gasteiger partial charge in [0.05, 0.1) is 12.2 Å². The molecular weight excluding hydrogens is 314 g/mol. The SMILES string of the molecule is CC(C)(C)[C@H](O)CN1CCN(C[C@@H](O)c2cc(F)ccc2F)CC1. The summed E-state index contributed by atoms with van der Waals surface area (Å²) in [5.41, 5.74) is -0.150. The maximum Gasteiger partial charge on any atom is 0.129 e. The first-order chi connectivity index (χ1) is 11.2. The van der Waals surface area contributed by atoms with Crippen LogP contribution in [-0.4, -0.2) is 65.4 Å². The molecule has 1 heterocycles. The maximum absolute atomic E-state index is 13.7. The van der Waals surface area contributed by atoms with Crippen LogP contribution in [0, 0.1) is 17.0 Å². The fourth-order valence-electron chi connectivity index (χ4n) is 2.79. The van der Waals surface area contributed by atoms with Crippen LogP contribution in [0.5, 0.6) is 0 Å². The Bertz CT molecular complexity index is 540. The van der Waals surface area contributed by atoms with Crippen molar-refractivity contribution < 1.29 is 19.0 Å². The molecule has 0 aromatic heterocycles. The number of rotatable bonds is 5. The van der Waals surface area contributed by atoms with Gasteiger partial charge in [-0.2, -0.15) is 0 Å². The van der Waals surface area contributed by atoms with E-state index >= 15 is 0 Å². The highest BCUT2D eigenvalue weighted by molar-refractivity contribution is 5.21. The first-order valence-electron chi connectivity index (χ1n) is 8.42. The van der Waals surface area contributed by atoms with Crippen molar-refractivity contribution in [1.82, 2.24) is 9.80 Å². The van der Waals surface area contributed by atoms with Crippen molar-refractivity contribution in [2.75, 3.05) is 39.3 Å². The van der Waals surface area contributed by atoms with Crippen LogP contribution < -0.4 is 0 Å². The molecule has 1 aromatic rings. The number of β-amino-alcohol motifs (C(OH)–C–C–N with tert-alkyl or cyclic N) is 2. The largest absolute Gasteiger partial charge is 0.391 e. The second-order valence-corrected chi connectivity index (χ2v) is 7.66. The Labute approximate surface area is 142 Å². The molecule has 0 bridgehead atoms. The van der Waals surface area contributed by atoms with Crippen molar-refractivity contribution in [3.8, 4) is 0 Å². The van der Waals surface area contributed by atoms with Gasteiger partial charge in [-0.25, -0.2) is 8.78 Å². The van der Waals surface area contributed by atoms with Crippen LogP contribution in [-0.2, 0) is 0 Å². The molecule has 1 aliphatic rings. The van der Waals surface area contributed by atoms with E-state index in [0.29, 0.717) is 6.54 Å². The Morgan fingerprint density at radius 2 is 1.54 bits per heavy atom. The molecule has 1 aromatic carbocycles. The Balaban J connectivity index is 1.83. The number of aliphatic hydroxyl groups is 2. The zero-order valence-electron chi connectivity index (χ0n) is 14.7. The van der Waals surface area contributed by atoms with Gasteiger partial charge < -0.3 is 10.2 Å². The van der Waals surface area contributed by atoms with Gasteiger partial charge in [0, 0.05) is 44.8 Å². The maximum atomic E-state index is 13.7. The minimum Gasteiger partial charge on any atom is -0.391 e. The summed E-state index contributed by atoms with van der Waals surface area (Å²) >= 11 is 0. The number of aliphatic hydroxyl groups excluding tert-OH is 2. The van der Waals surface area contributed by atoms with Gasteiger partial charge in [-0.15, -0.1) is 0 Å². The van der Waals surface area contributed by atoms with Crippen LogP contribution in [0.3, 0.4) is 0 Å². The van der Waals surface area contributed by atoms with E-state index < -0.39 is 23.8 Å². The lowest BCUT2D eigenvalue weighted by atomic mass is 9.89. The lowest BCUT2D eigenvalue weighted by Gasteiger charge is -2.38. The summed E-state index contributed by atoms with van der Waals surface area (Å²) in [6, 6.07) is 3.14. The summed E-state index contributed by atoms with van der Waals surface area (Å²) in [6.07, 6.45) is -1.44. The molecule has 1 saturated heterocycles. The lowest BCUT2D eigenvalue weighted by Crippen LogP contribution is -2.50. The summed E-state index contributed by atoms with van der Waals surface area (Å²) in [5, 5.41) is 20.4.